The van der Waals surface area contributed by atoms with E-state index in [9.17, 15) is 14.7 Å². The molecule has 2 fully saturated rings. The van der Waals surface area contributed by atoms with Crippen LogP contribution in [0.3, 0.4) is 0 Å². The Labute approximate surface area is 149 Å². The number of aliphatic hydroxyl groups is 1. The maximum absolute atomic E-state index is 13.1. The molecule has 0 radical (unpaired) electrons. The minimum atomic E-state index is -0.880. The van der Waals surface area contributed by atoms with Crippen LogP contribution in [0.5, 0.6) is 0 Å². The minimum absolute atomic E-state index is 0.142. The molecule has 0 saturated heterocycles. The van der Waals surface area contributed by atoms with Gasteiger partial charge < -0.3 is 15.7 Å². The fraction of sp³-hybridized carbons (Fsp3) is 0.600. The molecule has 2 aliphatic rings. The van der Waals surface area contributed by atoms with Gasteiger partial charge in [-0.1, -0.05) is 56.0 Å². The lowest BCUT2D eigenvalue weighted by atomic mass is 9.78. The number of hydrogen-bond acceptors (Lipinski definition) is 3. The summed E-state index contributed by atoms with van der Waals surface area (Å²) >= 11 is 0. The molecule has 136 valence electrons. The van der Waals surface area contributed by atoms with Gasteiger partial charge in [0.25, 0.3) is 0 Å². The van der Waals surface area contributed by atoms with Crippen molar-refractivity contribution in [2.75, 3.05) is 6.61 Å². The molecule has 1 aromatic carbocycles. The van der Waals surface area contributed by atoms with Crippen molar-refractivity contribution in [1.29, 1.82) is 0 Å². The Kier molecular flexibility index (Phi) is 5.74. The van der Waals surface area contributed by atoms with Crippen LogP contribution in [-0.4, -0.2) is 35.6 Å². The van der Waals surface area contributed by atoms with E-state index in [1.807, 2.05) is 30.3 Å². The Morgan fingerprint density at radius 1 is 1.08 bits per heavy atom. The molecule has 0 unspecified atom stereocenters. The molecule has 0 aliphatic heterocycles. The van der Waals surface area contributed by atoms with Gasteiger partial charge in [-0.2, -0.15) is 0 Å². The van der Waals surface area contributed by atoms with Crippen molar-refractivity contribution in [2.45, 2.75) is 68.9 Å². The number of nitrogens with one attached hydrogen (secondary N) is 2. The molecule has 1 aromatic rings. The normalized spacial score (nSPS) is 21.0. The number of aliphatic hydroxyl groups excluding tert-OH is 1. The summed E-state index contributed by atoms with van der Waals surface area (Å²) in [7, 11) is 0. The van der Waals surface area contributed by atoms with Crippen LogP contribution >= 0.6 is 0 Å². The molecular weight excluding hydrogens is 316 g/mol. The van der Waals surface area contributed by atoms with Crippen LogP contribution in [-0.2, 0) is 15.0 Å². The largest absolute Gasteiger partial charge is 0.394 e. The van der Waals surface area contributed by atoms with Gasteiger partial charge >= 0.3 is 0 Å². The highest BCUT2D eigenvalue weighted by Gasteiger charge is 2.43. The van der Waals surface area contributed by atoms with E-state index in [1.54, 1.807) is 0 Å². The lowest BCUT2D eigenvalue weighted by molar-refractivity contribution is -0.133. The second kappa shape index (κ2) is 8.00. The number of carbonyl (C=O) groups excluding carboxylic acids is 2. The second-order valence-corrected chi connectivity index (χ2v) is 7.35. The molecule has 2 aliphatic carbocycles. The van der Waals surface area contributed by atoms with Crippen molar-refractivity contribution >= 4 is 11.8 Å². The van der Waals surface area contributed by atoms with E-state index in [2.05, 4.69) is 10.6 Å². The van der Waals surface area contributed by atoms with Crippen molar-refractivity contribution in [3.63, 3.8) is 0 Å². The Bertz CT molecular complexity index is 590. The Balaban J connectivity index is 1.70. The molecule has 5 heteroatoms. The first kappa shape index (κ1) is 17.9. The van der Waals surface area contributed by atoms with Crippen LogP contribution in [0.15, 0.2) is 30.3 Å². The van der Waals surface area contributed by atoms with Crippen molar-refractivity contribution < 1.29 is 14.7 Å². The molecule has 2 saturated carbocycles. The van der Waals surface area contributed by atoms with Crippen LogP contribution in [0.25, 0.3) is 0 Å². The van der Waals surface area contributed by atoms with Crippen molar-refractivity contribution in [1.82, 2.24) is 10.6 Å². The average molecular weight is 344 g/mol. The summed E-state index contributed by atoms with van der Waals surface area (Å²) in [6.45, 7) is -0.380. The fourth-order valence-electron chi connectivity index (χ4n) is 4.24. The first-order chi connectivity index (χ1) is 12.2. The van der Waals surface area contributed by atoms with Crippen LogP contribution in [0.4, 0.5) is 0 Å². The first-order valence-electron chi connectivity index (χ1n) is 9.43. The molecule has 3 rings (SSSR count). The van der Waals surface area contributed by atoms with Crippen LogP contribution in [0, 0.1) is 0 Å². The third kappa shape index (κ3) is 3.87. The summed E-state index contributed by atoms with van der Waals surface area (Å²) in [6.07, 6.45) is 7.77. The summed E-state index contributed by atoms with van der Waals surface area (Å²) < 4.78 is 0. The number of benzene rings is 1. The molecule has 5 nitrogen and oxygen atoms in total. The second-order valence-electron chi connectivity index (χ2n) is 7.35. The highest BCUT2D eigenvalue weighted by molar-refractivity contribution is 5.93. The van der Waals surface area contributed by atoms with Crippen molar-refractivity contribution in [2.24, 2.45) is 0 Å². The molecule has 25 heavy (non-hydrogen) atoms. The van der Waals surface area contributed by atoms with E-state index in [4.69, 9.17) is 0 Å². The smallest absolute Gasteiger partial charge is 0.245 e. The summed E-state index contributed by atoms with van der Waals surface area (Å²) in [4.78, 5) is 25.5. The first-order valence-corrected chi connectivity index (χ1v) is 9.43. The molecule has 0 spiro atoms. The number of rotatable bonds is 6. The maximum atomic E-state index is 13.1. The standard InChI is InChI=1S/C20H28N2O3/c23-14-17(18(24)21-16-10-4-5-11-16)22-19(25)20(12-6-7-13-20)15-8-2-1-3-9-15/h1-3,8-9,16-17,23H,4-7,10-14H2,(H,21,24)(H,22,25)/t17-/m0/s1. The number of amides is 2. The molecule has 3 N–H and O–H groups in total. The zero-order valence-corrected chi connectivity index (χ0v) is 14.7. The minimum Gasteiger partial charge on any atom is -0.394 e. The van der Waals surface area contributed by atoms with E-state index in [-0.39, 0.29) is 24.5 Å². The summed E-state index contributed by atoms with van der Waals surface area (Å²) in [5, 5.41) is 15.4. The molecule has 0 bridgehead atoms. The van der Waals surface area contributed by atoms with E-state index >= 15 is 0 Å². The van der Waals surface area contributed by atoms with Gasteiger partial charge in [-0.15, -0.1) is 0 Å². The van der Waals surface area contributed by atoms with Crippen LogP contribution < -0.4 is 10.6 Å². The van der Waals surface area contributed by atoms with Crippen LogP contribution in [0.1, 0.15) is 56.9 Å². The molecular formula is C20H28N2O3. The van der Waals surface area contributed by atoms with Gasteiger partial charge in [0.1, 0.15) is 6.04 Å². The third-order valence-corrected chi connectivity index (χ3v) is 5.72. The van der Waals surface area contributed by atoms with Gasteiger partial charge in [-0.25, -0.2) is 0 Å². The SMILES string of the molecule is O=C(NC1CCCC1)[C@H](CO)NC(=O)C1(c2ccccc2)CCCC1. The summed E-state index contributed by atoms with van der Waals surface area (Å²) in [5.74, 6) is -0.416. The van der Waals surface area contributed by atoms with Crippen molar-refractivity contribution in [3.05, 3.63) is 35.9 Å². The Morgan fingerprint density at radius 3 is 2.32 bits per heavy atom. The highest BCUT2D eigenvalue weighted by Crippen LogP contribution is 2.41. The van der Waals surface area contributed by atoms with Crippen molar-refractivity contribution in [3.8, 4) is 0 Å². The zero-order chi connectivity index (χ0) is 17.7. The summed E-state index contributed by atoms with van der Waals surface area (Å²) in [6, 6.07) is 9.09. The van der Waals surface area contributed by atoms with E-state index < -0.39 is 11.5 Å². The lowest BCUT2D eigenvalue weighted by Crippen LogP contribution is -2.55. The van der Waals surface area contributed by atoms with E-state index in [0.717, 1.165) is 56.9 Å². The quantitative estimate of drug-likeness (QED) is 0.739. The van der Waals surface area contributed by atoms with E-state index in [1.165, 1.54) is 0 Å². The topological polar surface area (TPSA) is 78.4 Å². The lowest BCUT2D eigenvalue weighted by Gasteiger charge is -2.30. The molecule has 2 amide bonds. The summed E-state index contributed by atoms with van der Waals surface area (Å²) in [5.41, 5.74) is 0.417. The molecule has 0 heterocycles. The Morgan fingerprint density at radius 2 is 1.72 bits per heavy atom. The predicted molar refractivity (Wildman–Crippen MR) is 96.0 cm³/mol. The molecule has 1 atom stereocenters. The van der Waals surface area contributed by atoms with Gasteiger partial charge in [0.05, 0.1) is 12.0 Å². The fourth-order valence-corrected chi connectivity index (χ4v) is 4.24. The maximum Gasteiger partial charge on any atom is 0.245 e. The number of carbonyl (C=O) groups is 2. The highest BCUT2D eigenvalue weighted by atomic mass is 16.3. The number of hydrogen-bond donors (Lipinski definition) is 3. The van der Waals surface area contributed by atoms with Gasteiger partial charge in [0.15, 0.2) is 0 Å². The monoisotopic (exact) mass is 344 g/mol. The average Bonchev–Trinajstić information content (AvgIpc) is 3.32. The van der Waals surface area contributed by atoms with Gasteiger partial charge in [0, 0.05) is 6.04 Å². The zero-order valence-electron chi connectivity index (χ0n) is 14.7. The predicted octanol–water partition coefficient (Wildman–Crippen LogP) is 2.03. The molecule has 0 aromatic heterocycles. The van der Waals surface area contributed by atoms with Gasteiger partial charge in [-0.3, -0.25) is 9.59 Å². The van der Waals surface area contributed by atoms with Gasteiger partial charge in [0.2, 0.25) is 11.8 Å². The Hall–Kier alpha value is -1.88. The van der Waals surface area contributed by atoms with Gasteiger partial charge in [-0.05, 0) is 31.2 Å². The third-order valence-electron chi connectivity index (χ3n) is 5.72. The van der Waals surface area contributed by atoms with E-state index in [0.29, 0.717) is 0 Å². The van der Waals surface area contributed by atoms with Crippen LogP contribution in [0.2, 0.25) is 0 Å².